The SMILES string of the molecule is Cc1cc(OCCCc2ccccc2)c(C)cc1O. The molecule has 2 aromatic rings. The van der Waals surface area contributed by atoms with Crippen molar-refractivity contribution >= 4 is 0 Å². The van der Waals surface area contributed by atoms with Crippen LogP contribution in [0.1, 0.15) is 23.1 Å². The van der Waals surface area contributed by atoms with Crippen LogP contribution in [0.4, 0.5) is 0 Å². The fourth-order valence-electron chi connectivity index (χ4n) is 2.03. The third-order valence-electron chi connectivity index (χ3n) is 3.20. The van der Waals surface area contributed by atoms with Gasteiger partial charge < -0.3 is 9.84 Å². The molecule has 0 radical (unpaired) electrons. The maximum atomic E-state index is 9.59. The van der Waals surface area contributed by atoms with Crippen molar-refractivity contribution in [3.8, 4) is 11.5 Å². The number of benzene rings is 2. The maximum Gasteiger partial charge on any atom is 0.122 e. The molecule has 0 aliphatic carbocycles. The Morgan fingerprint density at radius 2 is 1.74 bits per heavy atom. The van der Waals surface area contributed by atoms with E-state index in [2.05, 4.69) is 24.3 Å². The summed E-state index contributed by atoms with van der Waals surface area (Å²) < 4.78 is 5.78. The van der Waals surface area contributed by atoms with Crippen LogP contribution in [-0.4, -0.2) is 11.7 Å². The van der Waals surface area contributed by atoms with Gasteiger partial charge in [-0.25, -0.2) is 0 Å². The molecule has 0 aliphatic rings. The number of aromatic hydroxyl groups is 1. The second kappa shape index (κ2) is 6.28. The first-order valence-corrected chi connectivity index (χ1v) is 6.64. The number of phenols is 1. The molecule has 0 amide bonds. The number of hydrogen-bond donors (Lipinski definition) is 1. The second-order valence-corrected chi connectivity index (χ2v) is 4.84. The summed E-state index contributed by atoms with van der Waals surface area (Å²) in [7, 11) is 0. The lowest BCUT2D eigenvalue weighted by Gasteiger charge is -2.11. The highest BCUT2D eigenvalue weighted by Gasteiger charge is 2.04. The van der Waals surface area contributed by atoms with E-state index < -0.39 is 0 Å². The molecule has 2 aromatic carbocycles. The number of aryl methyl sites for hydroxylation is 3. The lowest BCUT2D eigenvalue weighted by atomic mass is 10.1. The zero-order chi connectivity index (χ0) is 13.7. The minimum absolute atomic E-state index is 0.328. The molecule has 2 rings (SSSR count). The van der Waals surface area contributed by atoms with E-state index in [0.29, 0.717) is 12.4 Å². The normalized spacial score (nSPS) is 10.4. The molecule has 0 aromatic heterocycles. The Morgan fingerprint density at radius 1 is 1.00 bits per heavy atom. The van der Waals surface area contributed by atoms with Crippen molar-refractivity contribution in [1.82, 2.24) is 0 Å². The average Bonchev–Trinajstić information content (AvgIpc) is 2.41. The van der Waals surface area contributed by atoms with E-state index in [4.69, 9.17) is 4.74 Å². The smallest absolute Gasteiger partial charge is 0.122 e. The highest BCUT2D eigenvalue weighted by atomic mass is 16.5. The monoisotopic (exact) mass is 256 g/mol. The van der Waals surface area contributed by atoms with Crippen LogP contribution in [0.25, 0.3) is 0 Å². The molecule has 0 bridgehead atoms. The van der Waals surface area contributed by atoms with Crippen molar-refractivity contribution in [1.29, 1.82) is 0 Å². The first-order chi connectivity index (χ1) is 9.16. The zero-order valence-electron chi connectivity index (χ0n) is 11.5. The van der Waals surface area contributed by atoms with Crippen LogP contribution in [0.15, 0.2) is 42.5 Å². The Labute approximate surface area is 114 Å². The van der Waals surface area contributed by atoms with Gasteiger partial charge in [0.15, 0.2) is 0 Å². The molecule has 2 heteroatoms. The van der Waals surface area contributed by atoms with E-state index >= 15 is 0 Å². The van der Waals surface area contributed by atoms with Gasteiger partial charge in [0.25, 0.3) is 0 Å². The largest absolute Gasteiger partial charge is 0.508 e. The lowest BCUT2D eigenvalue weighted by Crippen LogP contribution is -2.01. The van der Waals surface area contributed by atoms with E-state index in [0.717, 1.165) is 29.7 Å². The molecule has 0 saturated heterocycles. The first-order valence-electron chi connectivity index (χ1n) is 6.64. The van der Waals surface area contributed by atoms with Crippen LogP contribution in [0.5, 0.6) is 11.5 Å². The van der Waals surface area contributed by atoms with Crippen LogP contribution in [-0.2, 0) is 6.42 Å². The van der Waals surface area contributed by atoms with Gasteiger partial charge in [0, 0.05) is 0 Å². The number of phenolic OH excluding ortho intramolecular Hbond substituents is 1. The second-order valence-electron chi connectivity index (χ2n) is 4.84. The molecule has 2 nitrogen and oxygen atoms in total. The number of hydrogen-bond acceptors (Lipinski definition) is 2. The van der Waals surface area contributed by atoms with Crippen LogP contribution in [0.3, 0.4) is 0 Å². The summed E-state index contributed by atoms with van der Waals surface area (Å²) in [5, 5.41) is 9.59. The van der Waals surface area contributed by atoms with Gasteiger partial charge in [-0.05, 0) is 55.5 Å². The summed E-state index contributed by atoms with van der Waals surface area (Å²) in [5.74, 6) is 1.19. The molecule has 100 valence electrons. The number of rotatable bonds is 5. The Balaban J connectivity index is 1.85. The predicted molar refractivity (Wildman–Crippen MR) is 77.8 cm³/mol. The molecule has 0 fully saturated rings. The van der Waals surface area contributed by atoms with E-state index in [1.54, 1.807) is 6.07 Å². The van der Waals surface area contributed by atoms with Crippen molar-refractivity contribution in [2.45, 2.75) is 26.7 Å². The van der Waals surface area contributed by atoms with Crippen LogP contribution < -0.4 is 4.74 Å². The average molecular weight is 256 g/mol. The molecule has 19 heavy (non-hydrogen) atoms. The molecule has 0 atom stereocenters. The maximum absolute atomic E-state index is 9.59. The Kier molecular flexibility index (Phi) is 4.45. The van der Waals surface area contributed by atoms with Crippen molar-refractivity contribution in [3.05, 3.63) is 59.2 Å². The fourth-order valence-corrected chi connectivity index (χ4v) is 2.03. The Morgan fingerprint density at radius 3 is 2.47 bits per heavy atom. The van der Waals surface area contributed by atoms with E-state index in [9.17, 15) is 5.11 Å². The standard InChI is InChI=1S/C17H20O2/c1-13-12-17(14(2)11-16(13)18)19-10-6-9-15-7-4-3-5-8-15/h3-5,7-8,11-12,18H,6,9-10H2,1-2H3. The zero-order valence-corrected chi connectivity index (χ0v) is 11.5. The molecular weight excluding hydrogens is 236 g/mol. The van der Waals surface area contributed by atoms with Gasteiger partial charge in [-0.15, -0.1) is 0 Å². The molecule has 0 saturated carbocycles. The van der Waals surface area contributed by atoms with E-state index in [1.807, 2.05) is 26.0 Å². The van der Waals surface area contributed by atoms with Gasteiger partial charge in [-0.1, -0.05) is 30.3 Å². The topological polar surface area (TPSA) is 29.5 Å². The highest BCUT2D eigenvalue weighted by Crippen LogP contribution is 2.26. The molecule has 1 N–H and O–H groups in total. The predicted octanol–water partition coefficient (Wildman–Crippen LogP) is 4.02. The van der Waals surface area contributed by atoms with E-state index in [-0.39, 0.29) is 0 Å². The van der Waals surface area contributed by atoms with Gasteiger partial charge >= 0.3 is 0 Å². The van der Waals surface area contributed by atoms with Crippen molar-refractivity contribution < 1.29 is 9.84 Å². The summed E-state index contributed by atoms with van der Waals surface area (Å²) >= 11 is 0. The molecular formula is C17H20O2. The quantitative estimate of drug-likeness (QED) is 0.819. The third-order valence-corrected chi connectivity index (χ3v) is 3.20. The van der Waals surface area contributed by atoms with Crippen molar-refractivity contribution in [2.24, 2.45) is 0 Å². The molecule has 0 heterocycles. The summed E-state index contributed by atoms with van der Waals surface area (Å²) in [6.45, 7) is 4.53. The van der Waals surface area contributed by atoms with Crippen molar-refractivity contribution in [3.63, 3.8) is 0 Å². The van der Waals surface area contributed by atoms with Gasteiger partial charge in [-0.3, -0.25) is 0 Å². The van der Waals surface area contributed by atoms with E-state index in [1.165, 1.54) is 5.56 Å². The van der Waals surface area contributed by atoms with Crippen LogP contribution >= 0.6 is 0 Å². The summed E-state index contributed by atoms with van der Waals surface area (Å²) in [5.41, 5.74) is 3.16. The number of ether oxygens (including phenoxy) is 1. The van der Waals surface area contributed by atoms with Gasteiger partial charge in [0.1, 0.15) is 11.5 Å². The molecule has 0 spiro atoms. The Hall–Kier alpha value is -1.96. The molecule has 0 aliphatic heterocycles. The van der Waals surface area contributed by atoms with Crippen molar-refractivity contribution in [2.75, 3.05) is 6.61 Å². The van der Waals surface area contributed by atoms with Gasteiger partial charge in [0.2, 0.25) is 0 Å². The minimum atomic E-state index is 0.328. The Bertz CT molecular complexity index is 532. The lowest BCUT2D eigenvalue weighted by molar-refractivity contribution is 0.308. The summed E-state index contributed by atoms with van der Waals surface area (Å²) in [4.78, 5) is 0. The summed E-state index contributed by atoms with van der Waals surface area (Å²) in [6.07, 6.45) is 2.01. The van der Waals surface area contributed by atoms with Gasteiger partial charge in [-0.2, -0.15) is 0 Å². The van der Waals surface area contributed by atoms with Crippen LogP contribution in [0.2, 0.25) is 0 Å². The van der Waals surface area contributed by atoms with Gasteiger partial charge in [0.05, 0.1) is 6.61 Å². The third kappa shape index (κ3) is 3.75. The highest BCUT2D eigenvalue weighted by molar-refractivity contribution is 5.44. The van der Waals surface area contributed by atoms with Crippen LogP contribution in [0, 0.1) is 13.8 Å². The molecule has 0 unspecified atom stereocenters. The summed E-state index contributed by atoms with van der Waals surface area (Å²) in [6, 6.07) is 14.1. The first kappa shape index (κ1) is 13.5. The minimum Gasteiger partial charge on any atom is -0.508 e. The fraction of sp³-hybridized carbons (Fsp3) is 0.294.